The topological polar surface area (TPSA) is 65.0 Å². The van der Waals surface area contributed by atoms with E-state index in [1.807, 2.05) is 0 Å². The normalized spacial score (nSPS) is 15.1. The van der Waals surface area contributed by atoms with Crippen molar-refractivity contribution in [1.29, 1.82) is 0 Å². The minimum atomic E-state index is -1.03. The van der Waals surface area contributed by atoms with E-state index < -0.39 is 11.4 Å². The number of benzene rings is 1. The summed E-state index contributed by atoms with van der Waals surface area (Å²) in [5.74, 6) is 0.420. The van der Waals surface area contributed by atoms with E-state index in [1.54, 1.807) is 24.3 Å². The van der Waals surface area contributed by atoms with Crippen molar-refractivity contribution in [2.75, 3.05) is 21.3 Å². The predicted octanol–water partition coefficient (Wildman–Crippen LogP) is 1.60. The van der Waals surface area contributed by atoms with Gasteiger partial charge in [0.05, 0.1) is 21.3 Å². The zero-order chi connectivity index (χ0) is 13.3. The maximum atomic E-state index is 11.3. The van der Waals surface area contributed by atoms with Crippen LogP contribution < -0.4 is 14.2 Å². The highest BCUT2D eigenvalue weighted by Crippen LogP contribution is 2.46. The van der Waals surface area contributed by atoms with Gasteiger partial charge in [0.1, 0.15) is 5.41 Å². The molecule has 0 spiro atoms. The largest absolute Gasteiger partial charge is 0.493 e. The molecule has 2 rings (SSSR count). The van der Waals surface area contributed by atoms with E-state index in [0.717, 1.165) is 0 Å². The van der Waals surface area contributed by atoms with Crippen LogP contribution in [0, 0.1) is 0 Å². The Labute approximate surface area is 105 Å². The van der Waals surface area contributed by atoms with Crippen molar-refractivity contribution < 1.29 is 24.1 Å². The molecule has 18 heavy (non-hydrogen) atoms. The fraction of sp³-hybridized carbons (Fsp3) is 0.308. The molecular formula is C13H14O5. The molecule has 0 fully saturated rings. The molecule has 96 valence electrons. The van der Waals surface area contributed by atoms with E-state index in [1.165, 1.54) is 21.3 Å². The van der Waals surface area contributed by atoms with Crippen LogP contribution in [0.15, 0.2) is 24.3 Å². The molecule has 5 heteroatoms. The Morgan fingerprint density at radius 3 is 1.83 bits per heavy atom. The molecule has 1 aliphatic carbocycles. The molecule has 0 unspecified atom stereocenters. The summed E-state index contributed by atoms with van der Waals surface area (Å²) in [6, 6.07) is 3.30. The third kappa shape index (κ3) is 1.68. The lowest BCUT2D eigenvalue weighted by Crippen LogP contribution is -2.21. The Kier molecular flexibility index (Phi) is 2.90. The first kappa shape index (κ1) is 12.3. The first-order valence-corrected chi connectivity index (χ1v) is 5.33. The Bertz CT molecular complexity index is 487. The Morgan fingerprint density at radius 1 is 1.06 bits per heavy atom. The van der Waals surface area contributed by atoms with E-state index in [-0.39, 0.29) is 0 Å². The molecule has 1 aromatic carbocycles. The predicted molar refractivity (Wildman–Crippen MR) is 64.6 cm³/mol. The number of carbonyl (C=O) groups is 1. The zero-order valence-electron chi connectivity index (χ0n) is 10.4. The van der Waals surface area contributed by atoms with Crippen LogP contribution in [0.5, 0.6) is 17.2 Å². The molecule has 0 radical (unpaired) electrons. The van der Waals surface area contributed by atoms with Gasteiger partial charge in [0.25, 0.3) is 0 Å². The summed E-state index contributed by atoms with van der Waals surface area (Å²) in [5.41, 5.74) is -0.447. The summed E-state index contributed by atoms with van der Waals surface area (Å²) in [7, 11) is 4.49. The standard InChI is InChI=1S/C13H14O5/c1-16-9-6-8(13(4-5-13)12(14)15)7-10(17-2)11(9)18-3/h4-7H,1-3H3,(H,14,15). The van der Waals surface area contributed by atoms with Crippen LogP contribution in [-0.4, -0.2) is 32.4 Å². The van der Waals surface area contributed by atoms with Gasteiger partial charge in [-0.3, -0.25) is 4.79 Å². The molecule has 0 atom stereocenters. The Hall–Kier alpha value is -2.17. The molecule has 0 amide bonds. The molecule has 0 heterocycles. The maximum Gasteiger partial charge on any atom is 0.321 e. The molecule has 5 nitrogen and oxygen atoms in total. The zero-order valence-corrected chi connectivity index (χ0v) is 10.4. The number of methoxy groups -OCH3 is 3. The van der Waals surface area contributed by atoms with Gasteiger partial charge < -0.3 is 19.3 Å². The molecule has 0 saturated heterocycles. The minimum absolute atomic E-state index is 0.446. The van der Waals surface area contributed by atoms with E-state index >= 15 is 0 Å². The van der Waals surface area contributed by atoms with Crippen molar-refractivity contribution in [1.82, 2.24) is 0 Å². The molecular weight excluding hydrogens is 236 g/mol. The van der Waals surface area contributed by atoms with E-state index in [0.29, 0.717) is 22.8 Å². The number of ether oxygens (including phenoxy) is 3. The molecule has 1 aliphatic rings. The number of hydrogen-bond acceptors (Lipinski definition) is 4. The van der Waals surface area contributed by atoms with E-state index in [2.05, 4.69) is 0 Å². The van der Waals surface area contributed by atoms with Crippen LogP contribution >= 0.6 is 0 Å². The lowest BCUT2D eigenvalue weighted by atomic mass is 9.93. The first-order valence-electron chi connectivity index (χ1n) is 5.33. The van der Waals surface area contributed by atoms with Gasteiger partial charge in [-0.2, -0.15) is 0 Å². The van der Waals surface area contributed by atoms with Crippen LogP contribution in [0.4, 0.5) is 0 Å². The highest BCUT2D eigenvalue weighted by molar-refractivity contribution is 5.92. The number of carboxylic acids is 1. The molecule has 0 aliphatic heterocycles. The lowest BCUT2D eigenvalue weighted by molar-refractivity contribution is -0.139. The molecule has 0 aromatic heterocycles. The van der Waals surface area contributed by atoms with Crippen LogP contribution in [0.3, 0.4) is 0 Å². The average molecular weight is 250 g/mol. The summed E-state index contributed by atoms with van der Waals surface area (Å²) in [5, 5.41) is 9.24. The van der Waals surface area contributed by atoms with Crippen molar-refractivity contribution in [3.8, 4) is 17.2 Å². The SMILES string of the molecule is COc1cc(C2(C(=O)O)C=C2)cc(OC)c1OC. The number of carboxylic acid groups (broad SMARTS) is 1. The third-order valence-corrected chi connectivity index (χ3v) is 3.00. The molecule has 0 bridgehead atoms. The first-order chi connectivity index (χ1) is 8.58. The summed E-state index contributed by atoms with van der Waals surface area (Å²) in [4.78, 5) is 11.3. The molecule has 1 aromatic rings. The van der Waals surface area contributed by atoms with Crippen molar-refractivity contribution in [3.05, 3.63) is 29.8 Å². The molecule has 1 N–H and O–H groups in total. The fourth-order valence-electron chi connectivity index (χ4n) is 1.86. The Balaban J connectivity index is 2.54. The van der Waals surface area contributed by atoms with Gasteiger partial charge in [-0.1, -0.05) is 12.2 Å². The maximum absolute atomic E-state index is 11.3. The van der Waals surface area contributed by atoms with Gasteiger partial charge in [-0.05, 0) is 17.7 Å². The third-order valence-electron chi connectivity index (χ3n) is 3.00. The number of hydrogen-bond donors (Lipinski definition) is 1. The monoisotopic (exact) mass is 250 g/mol. The van der Waals surface area contributed by atoms with Gasteiger partial charge in [0.15, 0.2) is 11.5 Å². The van der Waals surface area contributed by atoms with E-state index in [4.69, 9.17) is 14.2 Å². The van der Waals surface area contributed by atoms with Crippen LogP contribution in [-0.2, 0) is 10.2 Å². The van der Waals surface area contributed by atoms with Crippen LogP contribution in [0.2, 0.25) is 0 Å². The van der Waals surface area contributed by atoms with Crippen molar-refractivity contribution in [2.45, 2.75) is 5.41 Å². The highest BCUT2D eigenvalue weighted by Gasteiger charge is 2.45. The second-order valence-electron chi connectivity index (χ2n) is 3.92. The highest BCUT2D eigenvalue weighted by atomic mass is 16.5. The van der Waals surface area contributed by atoms with Gasteiger partial charge in [0.2, 0.25) is 5.75 Å². The minimum Gasteiger partial charge on any atom is -0.493 e. The fourth-order valence-corrected chi connectivity index (χ4v) is 1.86. The van der Waals surface area contributed by atoms with Crippen molar-refractivity contribution >= 4 is 5.97 Å². The van der Waals surface area contributed by atoms with Gasteiger partial charge in [-0.25, -0.2) is 0 Å². The second kappa shape index (κ2) is 4.25. The quantitative estimate of drug-likeness (QED) is 0.804. The average Bonchev–Trinajstić information content (AvgIpc) is 3.18. The smallest absolute Gasteiger partial charge is 0.321 e. The summed E-state index contributed by atoms with van der Waals surface area (Å²) in [6.45, 7) is 0. The van der Waals surface area contributed by atoms with Crippen molar-refractivity contribution in [2.24, 2.45) is 0 Å². The van der Waals surface area contributed by atoms with Crippen molar-refractivity contribution in [3.63, 3.8) is 0 Å². The van der Waals surface area contributed by atoms with Gasteiger partial charge in [0, 0.05) is 0 Å². The number of aliphatic carboxylic acids is 1. The number of rotatable bonds is 5. The lowest BCUT2D eigenvalue weighted by Gasteiger charge is -2.17. The van der Waals surface area contributed by atoms with Crippen LogP contribution in [0.25, 0.3) is 0 Å². The van der Waals surface area contributed by atoms with Gasteiger partial charge >= 0.3 is 5.97 Å². The molecule has 0 saturated carbocycles. The summed E-state index contributed by atoms with van der Waals surface area (Å²) in [6.07, 6.45) is 3.24. The van der Waals surface area contributed by atoms with E-state index in [9.17, 15) is 9.90 Å². The Morgan fingerprint density at radius 2 is 1.56 bits per heavy atom. The van der Waals surface area contributed by atoms with Crippen LogP contribution in [0.1, 0.15) is 5.56 Å². The summed E-state index contributed by atoms with van der Waals surface area (Å²) < 4.78 is 15.6. The van der Waals surface area contributed by atoms with Gasteiger partial charge in [-0.15, -0.1) is 0 Å². The summed E-state index contributed by atoms with van der Waals surface area (Å²) >= 11 is 0. The second-order valence-corrected chi connectivity index (χ2v) is 3.92.